The lowest BCUT2D eigenvalue weighted by molar-refractivity contribution is -0.153. The molecule has 39 heavy (non-hydrogen) atoms. The molecule has 1 amide bonds. The summed E-state index contributed by atoms with van der Waals surface area (Å²) in [5.74, 6) is -8.19. The lowest BCUT2D eigenvalue weighted by atomic mass is 9.57. The van der Waals surface area contributed by atoms with E-state index in [2.05, 4.69) is 4.90 Å². The van der Waals surface area contributed by atoms with Crippen LogP contribution in [0.3, 0.4) is 0 Å². The molecule has 10 nitrogen and oxygen atoms in total. The van der Waals surface area contributed by atoms with E-state index in [-0.39, 0.29) is 47.7 Å². The number of primary amides is 1. The molecule has 3 aliphatic carbocycles. The van der Waals surface area contributed by atoms with Gasteiger partial charge in [-0.2, -0.15) is 0 Å². The zero-order valence-electron chi connectivity index (χ0n) is 22.8. The molecule has 0 saturated heterocycles. The standard InChI is InChI=1S/C28H36FN3O7/c1-6-7-32(12(2)3)11-14-10-17(33)19-15(21(14)29)8-13-9-16-22(31(4)5)24(35)20(27(30)38)26(37)28(16,39)25(36)18(13)23(19)34/h10,12-13,16,22,33-34,37,39H,6-9,11H2,1-5H3,(H2,30,38)/t13-,16-,22-,28-/m0/s1. The third kappa shape index (κ3) is 4.23. The quantitative estimate of drug-likeness (QED) is 0.321. The van der Waals surface area contributed by atoms with Gasteiger partial charge in [0, 0.05) is 35.2 Å². The Kier molecular flexibility index (Phi) is 7.39. The van der Waals surface area contributed by atoms with E-state index in [1.807, 2.05) is 20.8 Å². The highest BCUT2D eigenvalue weighted by molar-refractivity contribution is 6.24. The fourth-order valence-electron chi connectivity index (χ4n) is 6.49. The normalized spacial score (nSPS) is 26.9. The number of phenolic OH excluding ortho intramolecular Hbond substituents is 1. The van der Waals surface area contributed by atoms with Crippen molar-refractivity contribution in [2.24, 2.45) is 17.6 Å². The van der Waals surface area contributed by atoms with Crippen molar-refractivity contribution in [3.8, 4) is 5.75 Å². The average molecular weight is 546 g/mol. The van der Waals surface area contributed by atoms with Gasteiger partial charge in [0.1, 0.15) is 28.7 Å². The number of fused-ring (bicyclic) bond motifs is 3. The molecule has 0 unspecified atom stereocenters. The number of carbonyl (C=O) groups excluding carboxylic acids is 3. The predicted octanol–water partition coefficient (Wildman–Crippen LogP) is 1.72. The number of amides is 1. The van der Waals surface area contributed by atoms with Gasteiger partial charge >= 0.3 is 0 Å². The summed E-state index contributed by atoms with van der Waals surface area (Å²) >= 11 is 0. The van der Waals surface area contributed by atoms with E-state index < -0.39 is 69.6 Å². The molecular weight excluding hydrogens is 509 g/mol. The van der Waals surface area contributed by atoms with Crippen LogP contribution in [0, 0.1) is 17.7 Å². The summed E-state index contributed by atoms with van der Waals surface area (Å²) in [6.07, 6.45) is 0.671. The Labute approximate surface area is 226 Å². The van der Waals surface area contributed by atoms with Gasteiger partial charge in [0.25, 0.3) is 5.91 Å². The van der Waals surface area contributed by atoms with Crippen molar-refractivity contribution in [2.75, 3.05) is 20.6 Å². The van der Waals surface area contributed by atoms with Crippen molar-refractivity contribution in [1.29, 1.82) is 0 Å². The number of ketones is 2. The van der Waals surface area contributed by atoms with Crippen LogP contribution in [-0.4, -0.2) is 86.0 Å². The third-order valence-electron chi connectivity index (χ3n) is 8.34. The first kappa shape index (κ1) is 28.7. The summed E-state index contributed by atoms with van der Waals surface area (Å²) in [7, 11) is 3.04. The molecule has 1 aromatic rings. The van der Waals surface area contributed by atoms with Crippen LogP contribution in [0.5, 0.6) is 5.75 Å². The fraction of sp³-hybridized carbons (Fsp3) is 0.536. The second-order valence-electron chi connectivity index (χ2n) is 11.2. The van der Waals surface area contributed by atoms with E-state index in [1.54, 1.807) is 0 Å². The Bertz CT molecular complexity index is 1320. The second-order valence-corrected chi connectivity index (χ2v) is 11.2. The SMILES string of the molecule is CCCN(Cc1cc(O)c2c(c1F)C[C@H]1C[C@H]3[C@H](N(C)C)C(=O)C(C(N)=O)=C(O)[C@@]3(O)C(=O)C1=C2O)C(C)C. The number of Topliss-reactive ketones (excluding diaryl/α,β-unsaturated/α-hetero) is 2. The number of hydrogen-bond donors (Lipinski definition) is 5. The van der Waals surface area contributed by atoms with Crippen LogP contribution in [-0.2, 0) is 27.3 Å². The van der Waals surface area contributed by atoms with Gasteiger partial charge < -0.3 is 26.2 Å². The van der Waals surface area contributed by atoms with Crippen LogP contribution in [0.15, 0.2) is 23.0 Å². The summed E-state index contributed by atoms with van der Waals surface area (Å²) in [6.45, 7) is 6.93. The molecule has 0 bridgehead atoms. The van der Waals surface area contributed by atoms with Gasteiger partial charge in [-0.1, -0.05) is 6.92 Å². The number of aliphatic hydroxyl groups is 3. The second kappa shape index (κ2) is 10.0. The first-order valence-electron chi connectivity index (χ1n) is 13.1. The van der Waals surface area contributed by atoms with Gasteiger partial charge in [-0.3, -0.25) is 24.2 Å². The molecule has 0 aromatic heterocycles. The number of carbonyl (C=O) groups is 3. The maximum atomic E-state index is 15.9. The Morgan fingerprint density at radius 3 is 2.41 bits per heavy atom. The molecule has 6 N–H and O–H groups in total. The number of hydrogen-bond acceptors (Lipinski definition) is 9. The van der Waals surface area contributed by atoms with Crippen LogP contribution in [0.25, 0.3) is 5.76 Å². The summed E-state index contributed by atoms with van der Waals surface area (Å²) < 4.78 is 15.9. The van der Waals surface area contributed by atoms with Crippen molar-refractivity contribution in [3.05, 3.63) is 45.5 Å². The van der Waals surface area contributed by atoms with E-state index in [9.17, 15) is 34.8 Å². The Morgan fingerprint density at radius 1 is 1.23 bits per heavy atom. The monoisotopic (exact) mass is 545 g/mol. The highest BCUT2D eigenvalue weighted by Gasteiger charge is 2.64. The van der Waals surface area contributed by atoms with Gasteiger partial charge in [-0.05, 0) is 65.7 Å². The molecule has 0 spiro atoms. The number of nitrogens with zero attached hydrogens (tertiary/aromatic N) is 2. The zero-order chi connectivity index (χ0) is 29.1. The molecule has 0 radical (unpaired) electrons. The number of rotatable bonds is 7. The number of aliphatic hydroxyl groups excluding tert-OH is 2. The summed E-state index contributed by atoms with van der Waals surface area (Å²) in [6, 6.07) is 0.153. The molecule has 0 aliphatic heterocycles. The van der Waals surface area contributed by atoms with E-state index >= 15 is 4.39 Å². The largest absolute Gasteiger partial charge is 0.508 e. The van der Waals surface area contributed by atoms with Gasteiger partial charge in [0.15, 0.2) is 11.4 Å². The molecule has 1 saturated carbocycles. The first-order valence-corrected chi connectivity index (χ1v) is 13.1. The topological polar surface area (TPSA) is 165 Å². The molecule has 4 atom stereocenters. The smallest absolute Gasteiger partial charge is 0.255 e. The van der Waals surface area contributed by atoms with Crippen LogP contribution < -0.4 is 5.73 Å². The maximum absolute atomic E-state index is 15.9. The molecule has 212 valence electrons. The zero-order valence-corrected chi connectivity index (χ0v) is 22.8. The van der Waals surface area contributed by atoms with Gasteiger partial charge in [0.2, 0.25) is 5.78 Å². The molecule has 11 heteroatoms. The van der Waals surface area contributed by atoms with Crippen molar-refractivity contribution in [2.45, 2.75) is 64.3 Å². The number of benzene rings is 1. The lowest BCUT2D eigenvalue weighted by Gasteiger charge is -2.50. The van der Waals surface area contributed by atoms with E-state index in [4.69, 9.17) is 5.73 Å². The fourth-order valence-corrected chi connectivity index (χ4v) is 6.49. The number of halogens is 1. The Morgan fingerprint density at radius 2 is 1.87 bits per heavy atom. The number of likely N-dealkylation sites (N-methyl/N-ethyl adjacent to an activating group) is 1. The van der Waals surface area contributed by atoms with Gasteiger partial charge in [-0.25, -0.2) is 4.39 Å². The van der Waals surface area contributed by atoms with Gasteiger partial charge in [0.05, 0.1) is 11.6 Å². The number of phenols is 1. The predicted molar refractivity (Wildman–Crippen MR) is 140 cm³/mol. The minimum atomic E-state index is -2.73. The van der Waals surface area contributed by atoms with E-state index in [1.165, 1.54) is 25.1 Å². The minimum absolute atomic E-state index is 0.0378. The van der Waals surface area contributed by atoms with Crippen LogP contribution in [0.2, 0.25) is 0 Å². The Hall–Kier alpha value is -3.28. The van der Waals surface area contributed by atoms with Crippen molar-refractivity contribution >= 4 is 23.2 Å². The molecule has 1 fully saturated rings. The van der Waals surface area contributed by atoms with Crippen LogP contribution in [0.1, 0.15) is 50.3 Å². The van der Waals surface area contributed by atoms with Gasteiger partial charge in [-0.15, -0.1) is 0 Å². The molecule has 1 aromatic carbocycles. The van der Waals surface area contributed by atoms with E-state index in [0.29, 0.717) is 6.54 Å². The van der Waals surface area contributed by atoms with Crippen molar-refractivity contribution in [1.82, 2.24) is 9.80 Å². The maximum Gasteiger partial charge on any atom is 0.255 e. The van der Waals surface area contributed by atoms with E-state index in [0.717, 1.165) is 6.42 Å². The number of aromatic hydroxyl groups is 1. The third-order valence-corrected chi connectivity index (χ3v) is 8.34. The number of nitrogens with two attached hydrogens (primary N) is 1. The highest BCUT2D eigenvalue weighted by Crippen LogP contribution is 2.53. The lowest BCUT2D eigenvalue weighted by Crippen LogP contribution is -2.65. The molecule has 4 rings (SSSR count). The highest BCUT2D eigenvalue weighted by atomic mass is 19.1. The van der Waals surface area contributed by atoms with Crippen molar-refractivity contribution in [3.63, 3.8) is 0 Å². The molecule has 0 heterocycles. The van der Waals surface area contributed by atoms with Crippen molar-refractivity contribution < 1.29 is 39.2 Å². The summed E-state index contributed by atoms with van der Waals surface area (Å²) in [4.78, 5) is 42.5. The molecule has 3 aliphatic rings. The summed E-state index contributed by atoms with van der Waals surface area (Å²) in [5, 5.41) is 44.6. The molecular formula is C28H36FN3O7. The first-order chi connectivity index (χ1) is 18.2. The minimum Gasteiger partial charge on any atom is -0.508 e. The average Bonchev–Trinajstić information content (AvgIpc) is 2.83. The Balaban J connectivity index is 1.88. The van der Waals surface area contributed by atoms with Crippen LogP contribution in [0.4, 0.5) is 4.39 Å². The summed E-state index contributed by atoms with van der Waals surface area (Å²) in [5.41, 5.74) is 1.45. The van der Waals surface area contributed by atoms with Crippen LogP contribution >= 0.6 is 0 Å².